The number of esters is 1. The number of aromatic hydroxyl groups is 3. The summed E-state index contributed by atoms with van der Waals surface area (Å²) >= 11 is 0. The Morgan fingerprint density at radius 1 is 0.955 bits per heavy atom. The summed E-state index contributed by atoms with van der Waals surface area (Å²) in [7, 11) is 0. The van der Waals surface area contributed by atoms with Crippen molar-refractivity contribution in [2.24, 2.45) is 0 Å². The van der Waals surface area contributed by atoms with Gasteiger partial charge in [-0.25, -0.2) is 4.79 Å². The van der Waals surface area contributed by atoms with Crippen molar-refractivity contribution in [1.82, 2.24) is 0 Å². The molecule has 1 saturated heterocycles. The van der Waals surface area contributed by atoms with Crippen LogP contribution in [0.5, 0.6) is 23.0 Å². The van der Waals surface area contributed by atoms with Crippen molar-refractivity contribution >= 4 is 29.2 Å². The van der Waals surface area contributed by atoms with Crippen molar-refractivity contribution in [3.05, 3.63) is 88.1 Å². The molecule has 5 rings (SSSR count). The zero-order valence-electron chi connectivity index (χ0n) is 22.9. The number of rotatable bonds is 6. The summed E-state index contributed by atoms with van der Waals surface area (Å²) in [6.45, 7) is 1.41. The fourth-order valence-corrected chi connectivity index (χ4v) is 4.40. The molecule has 1 fully saturated rings. The highest BCUT2D eigenvalue weighted by Crippen LogP contribution is 2.30. The number of phenols is 3. The minimum absolute atomic E-state index is 0.0698. The van der Waals surface area contributed by atoms with Crippen LogP contribution in [0.25, 0.3) is 28.4 Å². The van der Waals surface area contributed by atoms with Crippen LogP contribution in [0, 0.1) is 6.92 Å². The molecule has 3 aromatic carbocycles. The van der Waals surface area contributed by atoms with Crippen LogP contribution in [-0.2, 0) is 23.9 Å². The zero-order chi connectivity index (χ0) is 32.0. The molecular formula is C31H26O13. The van der Waals surface area contributed by atoms with Crippen LogP contribution in [0.15, 0.2) is 76.0 Å². The lowest BCUT2D eigenvalue weighted by molar-refractivity contribution is -0.247. The van der Waals surface area contributed by atoms with E-state index >= 15 is 0 Å². The molecular weight excluding hydrogens is 580 g/mol. The zero-order valence-corrected chi connectivity index (χ0v) is 22.9. The Morgan fingerprint density at radius 3 is 2.34 bits per heavy atom. The molecule has 1 aliphatic heterocycles. The summed E-state index contributed by atoms with van der Waals surface area (Å²) in [5, 5.41) is 50.0. The molecule has 13 nitrogen and oxygen atoms in total. The lowest BCUT2D eigenvalue weighted by atomic mass is 10.0. The van der Waals surface area contributed by atoms with Gasteiger partial charge in [-0.2, -0.15) is 9.59 Å². The third-order valence-electron chi connectivity index (χ3n) is 6.52. The number of aliphatic hydroxyl groups excluding tert-OH is 2. The molecule has 4 atom stereocenters. The molecule has 228 valence electrons. The molecule has 0 saturated carbocycles. The van der Waals surface area contributed by atoms with E-state index in [-0.39, 0.29) is 52.5 Å². The summed E-state index contributed by atoms with van der Waals surface area (Å²) in [6.07, 6.45) is -2.99. The number of ether oxygens (including phenoxy) is 3. The van der Waals surface area contributed by atoms with Gasteiger partial charge in [-0.3, -0.25) is 4.79 Å². The number of carbonyl (C=O) groups excluding carboxylic acids is 3. The Morgan fingerprint density at radius 2 is 1.66 bits per heavy atom. The van der Waals surface area contributed by atoms with Crippen LogP contribution >= 0.6 is 0 Å². The highest BCUT2D eigenvalue weighted by molar-refractivity contribution is 5.87. The Bertz CT molecular complexity index is 1770. The number of benzene rings is 3. The van der Waals surface area contributed by atoms with Gasteiger partial charge in [0.1, 0.15) is 35.1 Å². The fourth-order valence-electron chi connectivity index (χ4n) is 4.40. The van der Waals surface area contributed by atoms with Gasteiger partial charge < -0.3 is 44.2 Å². The standard InChI is InChI=1S/C30H26O11.CO2/c1-15-10-19(12-24-27(15)22(34)13-23(40-24)17-4-6-18(31)7-5-17)39-30-29(37)28(36)25(14-38-30)41-26(35)9-3-16-2-8-20(32)21(33)11-16;2-1-3/h2-13,25,28-33,36-37H,14H2,1H3;/b9-3+;. The summed E-state index contributed by atoms with van der Waals surface area (Å²) in [4.78, 5) is 41.3. The second-order valence-corrected chi connectivity index (χ2v) is 9.58. The van der Waals surface area contributed by atoms with E-state index in [9.17, 15) is 35.1 Å². The third kappa shape index (κ3) is 7.30. The van der Waals surface area contributed by atoms with Gasteiger partial charge in [0.05, 0.1) is 12.0 Å². The van der Waals surface area contributed by atoms with Crippen molar-refractivity contribution in [3.63, 3.8) is 0 Å². The molecule has 0 aliphatic carbocycles. The maximum atomic E-state index is 12.8. The van der Waals surface area contributed by atoms with E-state index in [0.29, 0.717) is 22.1 Å². The Kier molecular flexibility index (Phi) is 9.78. The summed E-state index contributed by atoms with van der Waals surface area (Å²) in [5.41, 5.74) is 1.50. The molecule has 13 heteroatoms. The topological polar surface area (TPSA) is 210 Å². The van der Waals surface area contributed by atoms with E-state index in [0.717, 1.165) is 6.08 Å². The normalized spacial score (nSPS) is 19.5. The van der Waals surface area contributed by atoms with E-state index in [4.69, 9.17) is 28.2 Å². The molecule has 4 aromatic rings. The lowest BCUT2D eigenvalue weighted by Gasteiger charge is -2.36. The largest absolute Gasteiger partial charge is 0.508 e. The van der Waals surface area contributed by atoms with Gasteiger partial charge in [0.25, 0.3) is 0 Å². The van der Waals surface area contributed by atoms with E-state index in [1.807, 2.05) is 0 Å². The average molecular weight is 607 g/mol. The van der Waals surface area contributed by atoms with Crippen LogP contribution in [0.4, 0.5) is 0 Å². The number of carbonyl (C=O) groups is 1. The predicted molar refractivity (Wildman–Crippen MR) is 150 cm³/mol. The second kappa shape index (κ2) is 13.7. The first-order chi connectivity index (χ1) is 21.0. The molecule has 0 bridgehead atoms. The third-order valence-corrected chi connectivity index (χ3v) is 6.52. The van der Waals surface area contributed by atoms with Gasteiger partial charge >= 0.3 is 12.1 Å². The van der Waals surface area contributed by atoms with Gasteiger partial charge in [0.2, 0.25) is 6.29 Å². The number of hydrogen-bond donors (Lipinski definition) is 5. The smallest absolute Gasteiger partial charge is 0.373 e. The number of hydrogen-bond acceptors (Lipinski definition) is 13. The molecule has 0 radical (unpaired) electrons. The van der Waals surface area contributed by atoms with Gasteiger partial charge in [0, 0.05) is 23.8 Å². The van der Waals surface area contributed by atoms with Crippen LogP contribution in [0.1, 0.15) is 11.1 Å². The first-order valence-corrected chi connectivity index (χ1v) is 12.9. The van der Waals surface area contributed by atoms with E-state index in [2.05, 4.69) is 0 Å². The second-order valence-electron chi connectivity index (χ2n) is 9.58. The monoisotopic (exact) mass is 606 g/mol. The minimum Gasteiger partial charge on any atom is -0.508 e. The number of aliphatic hydroxyl groups is 2. The Hall–Kier alpha value is -5.46. The maximum absolute atomic E-state index is 12.8. The predicted octanol–water partition coefficient (Wildman–Crippen LogP) is 2.38. The maximum Gasteiger partial charge on any atom is 0.373 e. The Balaban J connectivity index is 0.00000141. The van der Waals surface area contributed by atoms with Crippen LogP contribution in [-0.4, -0.2) is 68.9 Å². The van der Waals surface area contributed by atoms with Crippen molar-refractivity contribution in [3.8, 4) is 34.3 Å². The fraction of sp³-hybridized carbons (Fsp3) is 0.194. The van der Waals surface area contributed by atoms with Gasteiger partial charge in [-0.15, -0.1) is 0 Å². The molecule has 0 spiro atoms. The van der Waals surface area contributed by atoms with E-state index < -0.39 is 30.6 Å². The van der Waals surface area contributed by atoms with Gasteiger partial charge in [-0.1, -0.05) is 6.07 Å². The quantitative estimate of drug-likeness (QED) is 0.121. The van der Waals surface area contributed by atoms with Crippen LogP contribution in [0.3, 0.4) is 0 Å². The number of aryl methyl sites for hydroxylation is 1. The van der Waals surface area contributed by atoms with Crippen LogP contribution in [0.2, 0.25) is 0 Å². The van der Waals surface area contributed by atoms with Crippen molar-refractivity contribution in [1.29, 1.82) is 0 Å². The summed E-state index contributed by atoms with van der Waals surface area (Å²) in [5.74, 6) is -0.939. The van der Waals surface area contributed by atoms with Crippen LogP contribution < -0.4 is 10.2 Å². The molecule has 0 amide bonds. The van der Waals surface area contributed by atoms with Gasteiger partial charge in [-0.05, 0) is 66.6 Å². The first kappa shape index (κ1) is 31.5. The summed E-state index contributed by atoms with van der Waals surface area (Å²) in [6, 6.07) is 14.5. The Labute approximate surface area is 248 Å². The summed E-state index contributed by atoms with van der Waals surface area (Å²) < 4.78 is 22.5. The van der Waals surface area contributed by atoms with E-state index in [1.54, 1.807) is 25.1 Å². The highest BCUT2D eigenvalue weighted by Gasteiger charge is 2.42. The minimum atomic E-state index is -1.59. The first-order valence-electron chi connectivity index (χ1n) is 12.9. The van der Waals surface area contributed by atoms with Crippen molar-refractivity contribution in [2.75, 3.05) is 6.61 Å². The average Bonchev–Trinajstić information content (AvgIpc) is 2.98. The van der Waals surface area contributed by atoms with E-state index in [1.165, 1.54) is 48.5 Å². The SMILES string of the molecule is Cc1cc(OC2OCC(OC(=O)/C=C/c3ccc(O)c(O)c3)C(O)C2O)cc2oc(-c3ccc(O)cc3)cc(=O)c12.O=C=O. The molecule has 4 unspecified atom stereocenters. The molecule has 44 heavy (non-hydrogen) atoms. The van der Waals surface area contributed by atoms with Crippen molar-refractivity contribution in [2.45, 2.75) is 31.5 Å². The number of phenolic OH excluding ortho intramolecular Hbond substituents is 3. The molecule has 2 heterocycles. The highest BCUT2D eigenvalue weighted by atomic mass is 16.7. The molecule has 1 aliphatic rings. The number of fused-ring (bicyclic) bond motifs is 1. The molecule has 5 N–H and O–H groups in total. The molecule has 1 aromatic heterocycles. The van der Waals surface area contributed by atoms with Gasteiger partial charge in [0.15, 0.2) is 23.0 Å². The van der Waals surface area contributed by atoms with Crippen molar-refractivity contribution < 1.29 is 58.5 Å². The lowest BCUT2D eigenvalue weighted by Crippen LogP contribution is -2.56.